The van der Waals surface area contributed by atoms with Crippen LogP contribution in [0.1, 0.15) is 19.8 Å². The monoisotopic (exact) mass is 306 g/mol. The van der Waals surface area contributed by atoms with Gasteiger partial charge in [-0.05, 0) is 25.5 Å². The number of fused-ring (bicyclic) bond motifs is 1. The maximum Gasteiger partial charge on any atom is 0.265 e. The van der Waals surface area contributed by atoms with Gasteiger partial charge >= 0.3 is 0 Å². The highest BCUT2D eigenvalue weighted by atomic mass is 16.5. The molecule has 2 rings (SSSR count). The molecule has 0 saturated heterocycles. The molecule has 1 aromatic rings. The van der Waals surface area contributed by atoms with Crippen molar-refractivity contribution in [3.8, 4) is 5.75 Å². The summed E-state index contributed by atoms with van der Waals surface area (Å²) < 4.78 is 10.6. The van der Waals surface area contributed by atoms with Crippen molar-refractivity contribution in [2.45, 2.75) is 19.8 Å². The van der Waals surface area contributed by atoms with E-state index in [9.17, 15) is 9.59 Å². The molecule has 2 amide bonds. The summed E-state index contributed by atoms with van der Waals surface area (Å²) in [6.07, 6.45) is 1.06. The fraction of sp³-hybridized carbons (Fsp3) is 0.500. The number of carbonyl (C=O) groups excluding carboxylic acids is 2. The van der Waals surface area contributed by atoms with Gasteiger partial charge in [0.25, 0.3) is 5.91 Å². The van der Waals surface area contributed by atoms with Crippen molar-refractivity contribution in [3.05, 3.63) is 24.3 Å². The number of ether oxygens (including phenoxy) is 2. The number of rotatable bonds is 8. The molecule has 0 bridgehead atoms. The maximum atomic E-state index is 12.0. The van der Waals surface area contributed by atoms with Crippen LogP contribution in [0.2, 0.25) is 0 Å². The summed E-state index contributed by atoms with van der Waals surface area (Å²) in [6, 6.07) is 7.36. The summed E-state index contributed by atoms with van der Waals surface area (Å²) in [5.74, 6) is 0.496. The molecule has 0 fully saturated rings. The molecule has 0 saturated carbocycles. The molecule has 0 spiro atoms. The van der Waals surface area contributed by atoms with Crippen LogP contribution in [-0.4, -0.2) is 44.7 Å². The molecule has 1 aliphatic rings. The fourth-order valence-electron chi connectivity index (χ4n) is 2.25. The van der Waals surface area contributed by atoms with Crippen molar-refractivity contribution in [3.63, 3.8) is 0 Å². The summed E-state index contributed by atoms with van der Waals surface area (Å²) in [4.78, 5) is 25.4. The average molecular weight is 306 g/mol. The van der Waals surface area contributed by atoms with Crippen molar-refractivity contribution < 1.29 is 19.1 Å². The third-order valence-corrected chi connectivity index (χ3v) is 3.36. The van der Waals surface area contributed by atoms with Gasteiger partial charge in [0, 0.05) is 32.7 Å². The van der Waals surface area contributed by atoms with E-state index in [1.807, 2.05) is 31.2 Å². The second-order valence-corrected chi connectivity index (χ2v) is 4.95. The lowest BCUT2D eigenvalue weighted by Gasteiger charge is -2.29. The molecule has 1 heterocycles. The Morgan fingerprint density at radius 2 is 2.23 bits per heavy atom. The lowest BCUT2D eigenvalue weighted by atomic mass is 10.2. The first-order chi connectivity index (χ1) is 10.7. The van der Waals surface area contributed by atoms with E-state index in [0.717, 1.165) is 12.1 Å². The van der Waals surface area contributed by atoms with Gasteiger partial charge in [0.05, 0.1) is 5.69 Å². The molecule has 6 nitrogen and oxygen atoms in total. The molecule has 0 aliphatic carbocycles. The van der Waals surface area contributed by atoms with E-state index in [-0.39, 0.29) is 24.8 Å². The standard InChI is InChI=1S/C16H22N2O4/c1-2-21-11-5-9-17-15(19)8-10-18-13-6-3-4-7-14(13)22-12-16(18)20/h3-4,6-7H,2,5,8-12H2,1H3,(H,17,19). The van der Waals surface area contributed by atoms with Crippen molar-refractivity contribution in [1.82, 2.24) is 5.32 Å². The summed E-state index contributed by atoms with van der Waals surface area (Å²) >= 11 is 0. The van der Waals surface area contributed by atoms with Crippen LogP contribution in [0.25, 0.3) is 0 Å². The quantitative estimate of drug-likeness (QED) is 0.736. The van der Waals surface area contributed by atoms with Crippen molar-refractivity contribution in [1.29, 1.82) is 0 Å². The van der Waals surface area contributed by atoms with E-state index in [0.29, 0.717) is 32.1 Å². The Morgan fingerprint density at radius 3 is 3.05 bits per heavy atom. The summed E-state index contributed by atoms with van der Waals surface area (Å²) in [5, 5.41) is 2.83. The fourth-order valence-corrected chi connectivity index (χ4v) is 2.25. The van der Waals surface area contributed by atoms with Gasteiger partial charge < -0.3 is 19.7 Å². The molecular weight excluding hydrogens is 284 g/mol. The van der Waals surface area contributed by atoms with Crippen LogP contribution in [-0.2, 0) is 14.3 Å². The number of hydrogen-bond donors (Lipinski definition) is 1. The molecule has 1 N–H and O–H groups in total. The predicted octanol–water partition coefficient (Wildman–Crippen LogP) is 1.34. The van der Waals surface area contributed by atoms with E-state index in [2.05, 4.69) is 5.32 Å². The Bertz CT molecular complexity index is 519. The number of nitrogens with one attached hydrogen (secondary N) is 1. The Morgan fingerprint density at radius 1 is 1.41 bits per heavy atom. The molecule has 120 valence electrons. The second kappa shape index (κ2) is 8.38. The van der Waals surface area contributed by atoms with Gasteiger partial charge in [0.1, 0.15) is 5.75 Å². The average Bonchev–Trinajstić information content (AvgIpc) is 2.53. The number of benzene rings is 1. The highest BCUT2D eigenvalue weighted by molar-refractivity contribution is 5.98. The lowest BCUT2D eigenvalue weighted by molar-refractivity contribution is -0.122. The number of carbonyl (C=O) groups is 2. The summed E-state index contributed by atoms with van der Waals surface area (Å²) in [5.41, 5.74) is 0.725. The first kappa shape index (κ1) is 16.3. The Hall–Kier alpha value is -2.08. The van der Waals surface area contributed by atoms with E-state index in [4.69, 9.17) is 9.47 Å². The third-order valence-electron chi connectivity index (χ3n) is 3.36. The predicted molar refractivity (Wildman–Crippen MR) is 83.0 cm³/mol. The second-order valence-electron chi connectivity index (χ2n) is 4.95. The smallest absolute Gasteiger partial charge is 0.265 e. The molecule has 0 radical (unpaired) electrons. The molecular formula is C16H22N2O4. The normalized spacial score (nSPS) is 13.5. The number of amides is 2. The molecule has 0 unspecified atom stereocenters. The van der Waals surface area contributed by atoms with Crippen LogP contribution in [0, 0.1) is 0 Å². The van der Waals surface area contributed by atoms with Crippen LogP contribution in [0.15, 0.2) is 24.3 Å². The Kier molecular flexibility index (Phi) is 6.21. The summed E-state index contributed by atoms with van der Waals surface area (Å²) in [7, 11) is 0. The van der Waals surface area contributed by atoms with E-state index >= 15 is 0 Å². The minimum absolute atomic E-state index is 0.0208. The topological polar surface area (TPSA) is 67.9 Å². The van der Waals surface area contributed by atoms with Gasteiger partial charge in [-0.3, -0.25) is 9.59 Å². The van der Waals surface area contributed by atoms with Crippen molar-refractivity contribution >= 4 is 17.5 Å². The zero-order chi connectivity index (χ0) is 15.8. The van der Waals surface area contributed by atoms with Crippen LogP contribution >= 0.6 is 0 Å². The van der Waals surface area contributed by atoms with E-state index < -0.39 is 0 Å². The molecule has 0 atom stereocenters. The van der Waals surface area contributed by atoms with Gasteiger partial charge in [-0.25, -0.2) is 0 Å². The van der Waals surface area contributed by atoms with Gasteiger partial charge in [-0.1, -0.05) is 12.1 Å². The molecule has 1 aromatic carbocycles. The zero-order valence-electron chi connectivity index (χ0n) is 12.8. The number of hydrogen-bond acceptors (Lipinski definition) is 4. The van der Waals surface area contributed by atoms with Crippen molar-refractivity contribution in [2.24, 2.45) is 0 Å². The van der Waals surface area contributed by atoms with Crippen LogP contribution in [0.5, 0.6) is 5.75 Å². The van der Waals surface area contributed by atoms with Gasteiger partial charge in [-0.2, -0.15) is 0 Å². The van der Waals surface area contributed by atoms with Gasteiger partial charge in [-0.15, -0.1) is 0 Å². The van der Waals surface area contributed by atoms with Gasteiger partial charge in [0.2, 0.25) is 5.91 Å². The third kappa shape index (κ3) is 4.46. The molecule has 0 aromatic heterocycles. The largest absolute Gasteiger partial charge is 0.482 e. The summed E-state index contributed by atoms with van der Waals surface area (Å²) in [6.45, 7) is 4.24. The lowest BCUT2D eigenvalue weighted by Crippen LogP contribution is -2.41. The zero-order valence-corrected chi connectivity index (χ0v) is 12.8. The highest BCUT2D eigenvalue weighted by Crippen LogP contribution is 2.31. The minimum atomic E-state index is -0.122. The van der Waals surface area contributed by atoms with E-state index in [1.165, 1.54) is 0 Å². The molecule has 1 aliphatic heterocycles. The molecule has 6 heteroatoms. The highest BCUT2D eigenvalue weighted by Gasteiger charge is 2.25. The number of nitrogens with zero attached hydrogens (tertiary/aromatic N) is 1. The maximum absolute atomic E-state index is 12.0. The minimum Gasteiger partial charge on any atom is -0.482 e. The van der Waals surface area contributed by atoms with Gasteiger partial charge in [0.15, 0.2) is 6.61 Å². The first-order valence-corrected chi connectivity index (χ1v) is 7.59. The van der Waals surface area contributed by atoms with E-state index in [1.54, 1.807) is 4.90 Å². The van der Waals surface area contributed by atoms with Crippen molar-refractivity contribution in [2.75, 3.05) is 37.8 Å². The Labute approximate surface area is 130 Å². The van der Waals surface area contributed by atoms with Crippen LogP contribution < -0.4 is 15.0 Å². The van der Waals surface area contributed by atoms with Crippen LogP contribution in [0.4, 0.5) is 5.69 Å². The number of para-hydroxylation sites is 2. The van der Waals surface area contributed by atoms with Crippen LogP contribution in [0.3, 0.4) is 0 Å². The number of anilines is 1. The first-order valence-electron chi connectivity index (χ1n) is 7.59. The molecule has 22 heavy (non-hydrogen) atoms. The Balaban J connectivity index is 1.79. The SMILES string of the molecule is CCOCCCNC(=O)CCN1C(=O)COc2ccccc21.